The molecule has 0 heterocycles. The van der Waals surface area contributed by atoms with Crippen molar-refractivity contribution in [3.63, 3.8) is 0 Å². The molecule has 1 aromatic carbocycles. The monoisotopic (exact) mass is 290 g/mol. The molecule has 8 heteroatoms. The largest absolute Gasteiger partial charge is 0.390 e. The Hall–Kier alpha value is -1.56. The van der Waals surface area contributed by atoms with E-state index in [9.17, 15) is 17.2 Å². The molecule has 0 amide bonds. The number of alkyl halides is 2. The Kier molecular flexibility index (Phi) is 4.94. The van der Waals surface area contributed by atoms with Crippen molar-refractivity contribution < 1.29 is 22.3 Å². The van der Waals surface area contributed by atoms with Crippen LogP contribution in [0, 0.1) is 11.3 Å². The van der Waals surface area contributed by atoms with Crippen LogP contribution < -0.4 is 4.72 Å². The van der Waals surface area contributed by atoms with E-state index in [1.165, 1.54) is 24.3 Å². The van der Waals surface area contributed by atoms with Gasteiger partial charge in [0.05, 0.1) is 23.9 Å². The number of nitrogens with one attached hydrogen (secondary N) is 1. The van der Waals surface area contributed by atoms with Crippen LogP contribution in [0.2, 0.25) is 0 Å². The summed E-state index contributed by atoms with van der Waals surface area (Å²) in [4.78, 5) is 0. The molecule has 0 saturated carbocycles. The van der Waals surface area contributed by atoms with Gasteiger partial charge in [-0.2, -0.15) is 5.26 Å². The minimum absolute atomic E-state index is 0.286. The Balaban J connectivity index is 2.72. The standard InChI is InChI=1S/C11H12F2N2O3S/c12-11(13,8-16)7-15-19(17,18)6-10-3-1-2-9(4-10)5-14/h1-4,15-16H,6-8H2. The zero-order valence-electron chi connectivity index (χ0n) is 9.81. The number of aliphatic hydroxyl groups is 1. The maximum atomic E-state index is 12.7. The van der Waals surface area contributed by atoms with Gasteiger partial charge >= 0.3 is 0 Å². The number of nitrogens with zero attached hydrogens (tertiary/aromatic N) is 1. The quantitative estimate of drug-likeness (QED) is 0.803. The number of benzene rings is 1. The number of aliphatic hydroxyl groups excluding tert-OH is 1. The number of hydrogen-bond donors (Lipinski definition) is 2. The molecular weight excluding hydrogens is 278 g/mol. The SMILES string of the molecule is N#Cc1cccc(CS(=O)(=O)NCC(F)(F)CO)c1. The second-order valence-electron chi connectivity index (χ2n) is 3.91. The lowest BCUT2D eigenvalue weighted by Gasteiger charge is -2.14. The van der Waals surface area contributed by atoms with Crippen molar-refractivity contribution in [2.75, 3.05) is 13.2 Å². The van der Waals surface area contributed by atoms with Crippen molar-refractivity contribution in [2.45, 2.75) is 11.7 Å². The molecular formula is C11H12F2N2O3S. The van der Waals surface area contributed by atoms with Crippen molar-refractivity contribution in [1.82, 2.24) is 4.72 Å². The number of nitriles is 1. The second kappa shape index (κ2) is 6.06. The van der Waals surface area contributed by atoms with Gasteiger partial charge in [-0.1, -0.05) is 12.1 Å². The fourth-order valence-corrected chi connectivity index (χ4v) is 2.42. The highest BCUT2D eigenvalue weighted by atomic mass is 32.2. The van der Waals surface area contributed by atoms with Crippen LogP contribution in [0.15, 0.2) is 24.3 Å². The molecule has 0 spiro atoms. The smallest absolute Gasteiger partial charge is 0.283 e. The Bertz CT molecular complexity index is 582. The highest BCUT2D eigenvalue weighted by molar-refractivity contribution is 7.88. The summed E-state index contributed by atoms with van der Waals surface area (Å²) in [6.07, 6.45) is 0. The van der Waals surface area contributed by atoms with Gasteiger partial charge in [0.25, 0.3) is 5.92 Å². The number of rotatable bonds is 6. The number of sulfonamides is 1. The van der Waals surface area contributed by atoms with E-state index in [2.05, 4.69) is 0 Å². The van der Waals surface area contributed by atoms with E-state index >= 15 is 0 Å². The van der Waals surface area contributed by atoms with Crippen LogP contribution in [0.1, 0.15) is 11.1 Å². The summed E-state index contributed by atoms with van der Waals surface area (Å²) in [7, 11) is -3.95. The Morgan fingerprint density at radius 1 is 1.42 bits per heavy atom. The van der Waals surface area contributed by atoms with Crippen LogP contribution in [0.25, 0.3) is 0 Å². The average Bonchev–Trinajstić information content (AvgIpc) is 2.36. The molecule has 104 valence electrons. The molecule has 0 atom stereocenters. The summed E-state index contributed by atoms with van der Waals surface area (Å²) in [5.41, 5.74) is 0.604. The summed E-state index contributed by atoms with van der Waals surface area (Å²) in [6, 6.07) is 7.70. The third kappa shape index (κ3) is 5.30. The summed E-state index contributed by atoms with van der Waals surface area (Å²) in [6.45, 7) is -2.59. The molecule has 0 radical (unpaired) electrons. The lowest BCUT2D eigenvalue weighted by Crippen LogP contribution is -2.39. The van der Waals surface area contributed by atoms with E-state index in [0.717, 1.165) is 0 Å². The van der Waals surface area contributed by atoms with Crippen molar-refractivity contribution >= 4 is 10.0 Å². The maximum Gasteiger partial charge on any atom is 0.283 e. The minimum Gasteiger partial charge on any atom is -0.390 e. The fourth-order valence-electron chi connectivity index (χ4n) is 1.27. The zero-order valence-corrected chi connectivity index (χ0v) is 10.6. The predicted molar refractivity (Wildman–Crippen MR) is 63.8 cm³/mol. The van der Waals surface area contributed by atoms with E-state index in [0.29, 0.717) is 5.56 Å². The van der Waals surface area contributed by atoms with Gasteiger partial charge in [0, 0.05) is 0 Å². The van der Waals surface area contributed by atoms with E-state index in [1.807, 2.05) is 6.07 Å². The molecule has 0 aliphatic heterocycles. The van der Waals surface area contributed by atoms with Crippen LogP contribution >= 0.6 is 0 Å². The van der Waals surface area contributed by atoms with Crippen molar-refractivity contribution in [2.24, 2.45) is 0 Å². The first-order valence-corrected chi connectivity index (χ1v) is 6.88. The van der Waals surface area contributed by atoms with Crippen molar-refractivity contribution in [3.05, 3.63) is 35.4 Å². The van der Waals surface area contributed by atoms with E-state index < -0.39 is 34.9 Å². The average molecular weight is 290 g/mol. The molecule has 5 nitrogen and oxygen atoms in total. The van der Waals surface area contributed by atoms with Gasteiger partial charge in [0.15, 0.2) is 0 Å². The van der Waals surface area contributed by atoms with Gasteiger partial charge < -0.3 is 5.11 Å². The molecule has 2 N–H and O–H groups in total. The van der Waals surface area contributed by atoms with Gasteiger partial charge in [0.2, 0.25) is 10.0 Å². The third-order valence-electron chi connectivity index (χ3n) is 2.19. The summed E-state index contributed by atoms with van der Waals surface area (Å²) < 4.78 is 50.3. The van der Waals surface area contributed by atoms with Gasteiger partial charge in [-0.05, 0) is 17.7 Å². The molecule has 19 heavy (non-hydrogen) atoms. The molecule has 1 rings (SSSR count). The molecule has 0 aliphatic rings. The Morgan fingerprint density at radius 3 is 2.68 bits per heavy atom. The van der Waals surface area contributed by atoms with Gasteiger partial charge in [-0.3, -0.25) is 0 Å². The van der Waals surface area contributed by atoms with Gasteiger partial charge in [0.1, 0.15) is 6.61 Å². The molecule has 0 aliphatic carbocycles. The normalized spacial score (nSPS) is 12.1. The van der Waals surface area contributed by atoms with Gasteiger partial charge in [-0.15, -0.1) is 0 Å². The lowest BCUT2D eigenvalue weighted by molar-refractivity contribution is -0.0437. The first-order valence-electron chi connectivity index (χ1n) is 5.23. The summed E-state index contributed by atoms with van der Waals surface area (Å²) in [5.74, 6) is -4.01. The maximum absolute atomic E-state index is 12.7. The van der Waals surface area contributed by atoms with E-state index in [4.69, 9.17) is 10.4 Å². The molecule has 0 bridgehead atoms. The highest BCUT2D eigenvalue weighted by Gasteiger charge is 2.29. The highest BCUT2D eigenvalue weighted by Crippen LogP contribution is 2.12. The van der Waals surface area contributed by atoms with Crippen LogP contribution in [0.4, 0.5) is 8.78 Å². The topological polar surface area (TPSA) is 90.2 Å². The van der Waals surface area contributed by atoms with Crippen molar-refractivity contribution in [3.8, 4) is 6.07 Å². The van der Waals surface area contributed by atoms with Gasteiger partial charge in [-0.25, -0.2) is 21.9 Å². The summed E-state index contributed by atoms with van der Waals surface area (Å²) in [5, 5.41) is 17.0. The Morgan fingerprint density at radius 2 is 2.11 bits per heavy atom. The number of halogens is 2. The lowest BCUT2D eigenvalue weighted by atomic mass is 10.2. The fraction of sp³-hybridized carbons (Fsp3) is 0.364. The molecule has 1 aromatic rings. The second-order valence-corrected chi connectivity index (χ2v) is 5.71. The van der Waals surface area contributed by atoms with Crippen LogP contribution in [0.5, 0.6) is 0 Å². The summed E-state index contributed by atoms with van der Waals surface area (Å²) >= 11 is 0. The predicted octanol–water partition coefficient (Wildman–Crippen LogP) is 0.605. The molecule has 0 saturated heterocycles. The van der Waals surface area contributed by atoms with Crippen LogP contribution in [-0.2, 0) is 15.8 Å². The molecule has 0 fully saturated rings. The van der Waals surface area contributed by atoms with Crippen LogP contribution in [-0.4, -0.2) is 32.6 Å². The minimum atomic E-state index is -3.95. The van der Waals surface area contributed by atoms with Crippen molar-refractivity contribution in [1.29, 1.82) is 5.26 Å². The molecule has 0 aromatic heterocycles. The number of hydrogen-bond acceptors (Lipinski definition) is 4. The zero-order chi connectivity index (χ0) is 14.5. The Labute approximate surface area is 109 Å². The molecule has 0 unspecified atom stereocenters. The first-order chi connectivity index (χ1) is 8.78. The first kappa shape index (κ1) is 15.5. The third-order valence-corrected chi connectivity index (χ3v) is 3.49. The van der Waals surface area contributed by atoms with E-state index in [-0.39, 0.29) is 5.56 Å². The van der Waals surface area contributed by atoms with E-state index in [1.54, 1.807) is 4.72 Å². The van der Waals surface area contributed by atoms with Crippen LogP contribution in [0.3, 0.4) is 0 Å².